The van der Waals surface area contributed by atoms with Gasteiger partial charge in [0, 0.05) is 51.8 Å². The van der Waals surface area contributed by atoms with Crippen molar-refractivity contribution in [3.05, 3.63) is 47.3 Å². The average molecular weight is 347 g/mol. The van der Waals surface area contributed by atoms with Crippen molar-refractivity contribution in [1.29, 1.82) is 0 Å². The number of aliphatic hydroxyl groups is 1. The van der Waals surface area contributed by atoms with E-state index in [0.717, 1.165) is 50.8 Å². The Morgan fingerprint density at radius 1 is 1.08 bits per heavy atom. The largest absolute Gasteiger partial charge is 0.387 e. The maximum atomic E-state index is 13.8. The molecule has 6 nitrogen and oxygen atoms in total. The second kappa shape index (κ2) is 8.03. The maximum absolute atomic E-state index is 13.8. The fraction of sp³-hybridized carbons (Fsp3) is 0.556. The molecule has 0 unspecified atom stereocenters. The minimum atomic E-state index is -0.793. The molecule has 0 bridgehead atoms. The van der Waals surface area contributed by atoms with Gasteiger partial charge in [0.1, 0.15) is 17.5 Å². The minimum absolute atomic E-state index is 0.345. The smallest absolute Gasteiger partial charge is 0.146 e. The summed E-state index contributed by atoms with van der Waals surface area (Å²) < 4.78 is 15.8. The number of aliphatic hydroxyl groups excluding tert-OH is 1. The number of nitrogens with zero attached hydrogens (tertiary/aromatic N) is 5. The molecule has 1 saturated heterocycles. The SMILES string of the molecule is CCc1nnc(CN2CCN(C[C@H](O)c3ccccc3F)CC2)n1C. The molecule has 1 fully saturated rings. The van der Waals surface area contributed by atoms with E-state index in [0.29, 0.717) is 12.1 Å². The fourth-order valence-electron chi connectivity index (χ4n) is 3.26. The zero-order valence-corrected chi connectivity index (χ0v) is 14.9. The van der Waals surface area contributed by atoms with Crippen molar-refractivity contribution in [1.82, 2.24) is 24.6 Å². The Bertz CT molecular complexity index is 697. The van der Waals surface area contributed by atoms with Gasteiger partial charge in [-0.15, -0.1) is 10.2 Å². The molecule has 7 heteroatoms. The summed E-state index contributed by atoms with van der Waals surface area (Å²) in [6.45, 7) is 6.82. The van der Waals surface area contributed by atoms with E-state index in [1.165, 1.54) is 6.07 Å². The van der Waals surface area contributed by atoms with Crippen molar-refractivity contribution in [3.63, 3.8) is 0 Å². The Morgan fingerprint density at radius 3 is 2.36 bits per heavy atom. The number of aryl methyl sites for hydroxylation is 1. The molecular formula is C18H26FN5O. The van der Waals surface area contributed by atoms with Crippen LogP contribution in [0.2, 0.25) is 0 Å². The van der Waals surface area contributed by atoms with E-state index in [9.17, 15) is 9.50 Å². The number of hydrogen-bond acceptors (Lipinski definition) is 5. The van der Waals surface area contributed by atoms with E-state index >= 15 is 0 Å². The highest BCUT2D eigenvalue weighted by atomic mass is 19.1. The van der Waals surface area contributed by atoms with Crippen LogP contribution < -0.4 is 0 Å². The summed E-state index contributed by atoms with van der Waals surface area (Å²) in [7, 11) is 2.01. The van der Waals surface area contributed by atoms with Gasteiger partial charge in [-0.05, 0) is 6.07 Å². The first-order valence-electron chi connectivity index (χ1n) is 8.82. The molecule has 0 radical (unpaired) electrons. The molecule has 0 spiro atoms. The molecule has 1 atom stereocenters. The van der Waals surface area contributed by atoms with Gasteiger partial charge in [-0.1, -0.05) is 25.1 Å². The molecule has 1 aliphatic rings. The molecule has 2 heterocycles. The molecule has 2 aromatic rings. The lowest BCUT2D eigenvalue weighted by molar-refractivity contribution is 0.0673. The molecule has 1 aromatic heterocycles. The molecule has 136 valence electrons. The van der Waals surface area contributed by atoms with Gasteiger partial charge in [-0.25, -0.2) is 4.39 Å². The number of β-amino-alcohol motifs (C(OH)–C–C–N with tert-alkyl or cyclic N) is 1. The van der Waals surface area contributed by atoms with Crippen molar-refractivity contribution in [2.24, 2.45) is 7.05 Å². The third-order valence-corrected chi connectivity index (χ3v) is 4.90. The van der Waals surface area contributed by atoms with Crippen LogP contribution in [0.3, 0.4) is 0 Å². The monoisotopic (exact) mass is 347 g/mol. The van der Waals surface area contributed by atoms with Crippen molar-refractivity contribution < 1.29 is 9.50 Å². The summed E-state index contributed by atoms with van der Waals surface area (Å²) in [5.74, 6) is 1.64. The lowest BCUT2D eigenvalue weighted by Crippen LogP contribution is -2.47. The van der Waals surface area contributed by atoms with Gasteiger partial charge in [-0.2, -0.15) is 0 Å². The Kier molecular flexibility index (Phi) is 5.78. The van der Waals surface area contributed by atoms with Gasteiger partial charge < -0.3 is 9.67 Å². The van der Waals surface area contributed by atoms with Crippen molar-refractivity contribution in [2.75, 3.05) is 32.7 Å². The number of aromatic nitrogens is 3. The topological polar surface area (TPSA) is 57.4 Å². The number of piperazine rings is 1. The number of benzene rings is 1. The van der Waals surface area contributed by atoms with Crippen LogP contribution in [-0.2, 0) is 20.0 Å². The van der Waals surface area contributed by atoms with E-state index in [2.05, 4.69) is 31.5 Å². The Labute approximate surface area is 147 Å². The lowest BCUT2D eigenvalue weighted by atomic mass is 10.1. The molecule has 25 heavy (non-hydrogen) atoms. The van der Waals surface area contributed by atoms with E-state index < -0.39 is 6.10 Å². The molecular weight excluding hydrogens is 321 g/mol. The Hall–Kier alpha value is -1.83. The van der Waals surface area contributed by atoms with Crippen molar-refractivity contribution in [2.45, 2.75) is 26.0 Å². The Morgan fingerprint density at radius 2 is 1.72 bits per heavy atom. The number of hydrogen-bond donors (Lipinski definition) is 1. The van der Waals surface area contributed by atoms with Crippen LogP contribution in [-0.4, -0.2) is 62.4 Å². The van der Waals surface area contributed by atoms with Gasteiger partial charge in [0.05, 0.1) is 12.6 Å². The van der Waals surface area contributed by atoms with Crippen molar-refractivity contribution in [3.8, 4) is 0 Å². The predicted molar refractivity (Wildman–Crippen MR) is 93.5 cm³/mol. The standard InChI is InChI=1S/C18H26FN5O/c1-3-17-20-21-18(22(17)2)13-24-10-8-23(9-11-24)12-16(25)14-6-4-5-7-15(14)19/h4-7,16,25H,3,8-13H2,1-2H3/t16-/m0/s1. The summed E-state index contributed by atoms with van der Waals surface area (Å²) in [5.41, 5.74) is 0.371. The van der Waals surface area contributed by atoms with Crippen molar-refractivity contribution >= 4 is 0 Å². The average Bonchev–Trinajstić information content (AvgIpc) is 2.97. The summed E-state index contributed by atoms with van der Waals surface area (Å²) in [4.78, 5) is 4.52. The summed E-state index contributed by atoms with van der Waals surface area (Å²) in [6, 6.07) is 6.43. The van der Waals surface area contributed by atoms with Crippen LogP contribution in [0.15, 0.2) is 24.3 Å². The van der Waals surface area contributed by atoms with Crippen LogP contribution >= 0.6 is 0 Å². The first-order chi connectivity index (χ1) is 12.1. The molecule has 0 aliphatic carbocycles. The zero-order chi connectivity index (χ0) is 17.8. The third-order valence-electron chi connectivity index (χ3n) is 4.90. The van der Waals surface area contributed by atoms with E-state index in [1.54, 1.807) is 18.2 Å². The van der Waals surface area contributed by atoms with Gasteiger partial charge in [0.2, 0.25) is 0 Å². The number of halogens is 1. The first-order valence-corrected chi connectivity index (χ1v) is 8.82. The molecule has 0 amide bonds. The second-order valence-corrected chi connectivity index (χ2v) is 6.56. The van der Waals surface area contributed by atoms with Gasteiger partial charge in [0.15, 0.2) is 0 Å². The normalized spacial score (nSPS) is 17.8. The van der Waals surface area contributed by atoms with Crippen LogP contribution in [0, 0.1) is 5.82 Å². The molecule has 3 rings (SSSR count). The van der Waals surface area contributed by atoms with Crippen LogP contribution in [0.4, 0.5) is 4.39 Å². The summed E-state index contributed by atoms with van der Waals surface area (Å²) >= 11 is 0. The molecule has 1 aromatic carbocycles. The predicted octanol–water partition coefficient (Wildman–Crippen LogP) is 1.37. The van der Waals surface area contributed by atoms with Crippen LogP contribution in [0.1, 0.15) is 30.2 Å². The van der Waals surface area contributed by atoms with Gasteiger partial charge in [0.25, 0.3) is 0 Å². The zero-order valence-electron chi connectivity index (χ0n) is 14.9. The van der Waals surface area contributed by atoms with E-state index in [1.807, 2.05) is 7.05 Å². The van der Waals surface area contributed by atoms with E-state index in [-0.39, 0.29) is 5.82 Å². The highest BCUT2D eigenvalue weighted by Gasteiger charge is 2.22. The highest BCUT2D eigenvalue weighted by molar-refractivity contribution is 5.20. The molecule has 1 N–H and O–H groups in total. The second-order valence-electron chi connectivity index (χ2n) is 6.56. The summed E-state index contributed by atoms with van der Waals surface area (Å²) in [5, 5.41) is 18.8. The molecule has 1 aliphatic heterocycles. The lowest BCUT2D eigenvalue weighted by Gasteiger charge is -2.35. The summed E-state index contributed by atoms with van der Waals surface area (Å²) in [6.07, 6.45) is 0.0872. The highest BCUT2D eigenvalue weighted by Crippen LogP contribution is 2.18. The third kappa shape index (κ3) is 4.23. The first kappa shape index (κ1) is 18.0. The number of rotatable bonds is 6. The maximum Gasteiger partial charge on any atom is 0.146 e. The molecule has 0 saturated carbocycles. The van der Waals surface area contributed by atoms with Crippen LogP contribution in [0.5, 0.6) is 0 Å². The fourth-order valence-corrected chi connectivity index (χ4v) is 3.26. The Balaban J connectivity index is 1.50. The van der Waals surface area contributed by atoms with Gasteiger partial charge in [-0.3, -0.25) is 9.80 Å². The minimum Gasteiger partial charge on any atom is -0.387 e. The van der Waals surface area contributed by atoms with Crippen LogP contribution in [0.25, 0.3) is 0 Å². The van der Waals surface area contributed by atoms with Gasteiger partial charge >= 0.3 is 0 Å². The van der Waals surface area contributed by atoms with E-state index in [4.69, 9.17) is 0 Å². The quantitative estimate of drug-likeness (QED) is 0.855.